The Morgan fingerprint density at radius 1 is 1.36 bits per heavy atom. The van der Waals surface area contributed by atoms with Crippen LogP contribution in [0.2, 0.25) is 0 Å². The number of carbonyl (C=O) groups is 2. The number of aromatic nitrogens is 1. The van der Waals surface area contributed by atoms with E-state index in [1.807, 2.05) is 12.1 Å². The lowest BCUT2D eigenvalue weighted by molar-refractivity contribution is 0.100. The van der Waals surface area contributed by atoms with E-state index in [1.165, 1.54) is 11.3 Å². The van der Waals surface area contributed by atoms with Crippen molar-refractivity contribution in [3.8, 4) is 0 Å². The molecule has 6 nitrogen and oxygen atoms in total. The highest BCUT2D eigenvalue weighted by Crippen LogP contribution is 2.38. The summed E-state index contributed by atoms with van der Waals surface area (Å²) in [7, 11) is 0. The van der Waals surface area contributed by atoms with Gasteiger partial charge in [-0.3, -0.25) is 15.1 Å². The van der Waals surface area contributed by atoms with E-state index in [0.717, 1.165) is 35.3 Å². The fraction of sp³-hybridized carbons (Fsp3) is 0.267. The highest BCUT2D eigenvalue weighted by Gasteiger charge is 2.25. The van der Waals surface area contributed by atoms with Gasteiger partial charge >= 0.3 is 6.03 Å². The van der Waals surface area contributed by atoms with Gasteiger partial charge in [-0.1, -0.05) is 6.07 Å². The minimum Gasteiger partial charge on any atom is -0.365 e. The first-order valence-corrected chi connectivity index (χ1v) is 7.85. The van der Waals surface area contributed by atoms with Gasteiger partial charge in [0.2, 0.25) is 0 Å². The van der Waals surface area contributed by atoms with Gasteiger partial charge in [-0.15, -0.1) is 11.3 Å². The number of hydrogen-bond donors (Lipinski definition) is 3. The Hall–Kier alpha value is -2.41. The molecule has 0 aliphatic heterocycles. The monoisotopic (exact) mass is 316 g/mol. The lowest BCUT2D eigenvalue weighted by atomic mass is 10.1. The summed E-state index contributed by atoms with van der Waals surface area (Å²) in [5, 5.41) is 6.02. The van der Waals surface area contributed by atoms with Gasteiger partial charge in [0.1, 0.15) is 5.00 Å². The summed E-state index contributed by atoms with van der Waals surface area (Å²) < 4.78 is 0. The molecule has 0 saturated heterocycles. The Morgan fingerprint density at radius 2 is 2.23 bits per heavy atom. The minimum absolute atomic E-state index is 0.355. The normalized spacial score (nSPS) is 12.7. The number of primary amides is 1. The maximum absolute atomic E-state index is 12.0. The van der Waals surface area contributed by atoms with Gasteiger partial charge in [-0.2, -0.15) is 0 Å². The van der Waals surface area contributed by atoms with Crippen LogP contribution in [0.5, 0.6) is 0 Å². The second-order valence-corrected chi connectivity index (χ2v) is 6.20. The zero-order chi connectivity index (χ0) is 15.5. The van der Waals surface area contributed by atoms with Gasteiger partial charge in [-0.25, -0.2) is 4.79 Å². The summed E-state index contributed by atoms with van der Waals surface area (Å²) in [4.78, 5) is 28.8. The predicted molar refractivity (Wildman–Crippen MR) is 85.0 cm³/mol. The number of amides is 3. The SMILES string of the molecule is NC(=O)c1c(NC(=O)NCc2cccnc2)sc2c1CCC2. The first-order valence-electron chi connectivity index (χ1n) is 7.03. The third-order valence-corrected chi connectivity index (χ3v) is 4.78. The molecule has 2 aromatic heterocycles. The highest BCUT2D eigenvalue weighted by atomic mass is 32.1. The van der Waals surface area contributed by atoms with Crippen LogP contribution in [0.4, 0.5) is 9.80 Å². The molecule has 114 valence electrons. The maximum atomic E-state index is 12.0. The molecule has 0 bridgehead atoms. The summed E-state index contributed by atoms with van der Waals surface area (Å²) in [6.45, 7) is 0.372. The molecule has 0 radical (unpaired) electrons. The predicted octanol–water partition coefficient (Wildman–Crippen LogP) is 2.05. The number of hydrogen-bond acceptors (Lipinski definition) is 4. The molecule has 2 heterocycles. The smallest absolute Gasteiger partial charge is 0.320 e. The quantitative estimate of drug-likeness (QED) is 0.805. The van der Waals surface area contributed by atoms with Crippen LogP contribution in [0, 0.1) is 0 Å². The van der Waals surface area contributed by atoms with Crippen molar-refractivity contribution >= 4 is 28.3 Å². The van der Waals surface area contributed by atoms with Crippen LogP contribution < -0.4 is 16.4 Å². The van der Waals surface area contributed by atoms with Crippen LogP contribution in [0.25, 0.3) is 0 Å². The molecule has 4 N–H and O–H groups in total. The number of rotatable bonds is 4. The van der Waals surface area contributed by atoms with Gasteiger partial charge < -0.3 is 11.1 Å². The van der Waals surface area contributed by atoms with Crippen LogP contribution in [0.15, 0.2) is 24.5 Å². The number of nitrogens with one attached hydrogen (secondary N) is 2. The lowest BCUT2D eigenvalue weighted by Gasteiger charge is -2.08. The third-order valence-electron chi connectivity index (χ3n) is 3.57. The molecular weight excluding hydrogens is 300 g/mol. The molecule has 7 heteroatoms. The van der Waals surface area contributed by atoms with Crippen molar-refractivity contribution in [2.75, 3.05) is 5.32 Å². The van der Waals surface area contributed by atoms with Gasteiger partial charge in [-0.05, 0) is 36.5 Å². The zero-order valence-electron chi connectivity index (χ0n) is 11.9. The average Bonchev–Trinajstić information content (AvgIpc) is 3.06. The van der Waals surface area contributed by atoms with Crippen molar-refractivity contribution in [3.05, 3.63) is 46.1 Å². The van der Waals surface area contributed by atoms with E-state index in [0.29, 0.717) is 17.1 Å². The van der Waals surface area contributed by atoms with Crippen LogP contribution in [-0.2, 0) is 19.4 Å². The Bertz CT molecular complexity index is 712. The van der Waals surface area contributed by atoms with Crippen molar-refractivity contribution in [3.63, 3.8) is 0 Å². The third kappa shape index (κ3) is 2.94. The largest absolute Gasteiger partial charge is 0.365 e. The Labute approximate surface area is 131 Å². The van der Waals surface area contributed by atoms with Gasteiger partial charge in [0.25, 0.3) is 5.91 Å². The molecule has 0 saturated carbocycles. The Kier molecular flexibility index (Phi) is 4.06. The molecule has 3 rings (SSSR count). The van der Waals surface area contributed by atoms with E-state index in [-0.39, 0.29) is 6.03 Å². The molecule has 22 heavy (non-hydrogen) atoms. The Morgan fingerprint density at radius 3 is 2.95 bits per heavy atom. The molecule has 0 unspecified atom stereocenters. The van der Waals surface area contributed by atoms with Gasteiger partial charge in [0.05, 0.1) is 5.56 Å². The number of nitrogens with zero attached hydrogens (tertiary/aromatic N) is 1. The fourth-order valence-electron chi connectivity index (χ4n) is 2.59. The first-order chi connectivity index (χ1) is 10.6. The van der Waals surface area contributed by atoms with Crippen molar-refractivity contribution in [1.29, 1.82) is 0 Å². The minimum atomic E-state index is -0.484. The van der Waals surface area contributed by atoms with Gasteiger partial charge in [0, 0.05) is 23.8 Å². The number of urea groups is 1. The summed E-state index contributed by atoms with van der Waals surface area (Å²) in [5.41, 5.74) is 7.83. The lowest BCUT2D eigenvalue weighted by Crippen LogP contribution is -2.29. The zero-order valence-corrected chi connectivity index (χ0v) is 12.7. The van der Waals surface area contributed by atoms with E-state index in [9.17, 15) is 9.59 Å². The van der Waals surface area contributed by atoms with E-state index in [1.54, 1.807) is 12.4 Å². The average molecular weight is 316 g/mol. The van der Waals surface area contributed by atoms with Crippen molar-refractivity contribution in [1.82, 2.24) is 10.3 Å². The fourth-order valence-corrected chi connectivity index (χ4v) is 3.88. The van der Waals surface area contributed by atoms with Crippen molar-refractivity contribution in [2.45, 2.75) is 25.8 Å². The van der Waals surface area contributed by atoms with Crippen LogP contribution >= 0.6 is 11.3 Å². The molecule has 1 aliphatic carbocycles. The molecule has 0 aromatic carbocycles. The molecule has 0 fully saturated rings. The van der Waals surface area contributed by atoms with Crippen LogP contribution in [0.3, 0.4) is 0 Å². The second kappa shape index (κ2) is 6.15. The summed E-state index contributed by atoms with van der Waals surface area (Å²) >= 11 is 1.44. The standard InChI is InChI=1S/C15H16N4O2S/c16-13(20)12-10-4-1-5-11(10)22-14(12)19-15(21)18-8-9-3-2-6-17-7-9/h2-3,6-7H,1,4-5,8H2,(H2,16,20)(H2,18,19,21). The molecule has 0 atom stereocenters. The molecule has 3 amide bonds. The second-order valence-electron chi connectivity index (χ2n) is 5.09. The first kappa shape index (κ1) is 14.5. The number of pyridine rings is 1. The molecule has 2 aromatic rings. The number of fused-ring (bicyclic) bond motifs is 1. The summed E-state index contributed by atoms with van der Waals surface area (Å²) in [6, 6.07) is 3.33. The highest BCUT2D eigenvalue weighted by molar-refractivity contribution is 7.17. The van der Waals surface area contributed by atoms with Crippen LogP contribution in [-0.4, -0.2) is 16.9 Å². The molecule has 0 spiro atoms. The number of carbonyl (C=O) groups excluding carboxylic acids is 2. The van der Waals surface area contributed by atoms with E-state index >= 15 is 0 Å². The number of thiophene rings is 1. The van der Waals surface area contributed by atoms with E-state index in [2.05, 4.69) is 15.6 Å². The topological polar surface area (TPSA) is 97.1 Å². The van der Waals surface area contributed by atoms with Crippen molar-refractivity contribution in [2.24, 2.45) is 5.73 Å². The van der Waals surface area contributed by atoms with E-state index < -0.39 is 5.91 Å². The van der Waals surface area contributed by atoms with Gasteiger partial charge in [0.15, 0.2) is 0 Å². The van der Waals surface area contributed by atoms with Crippen LogP contribution in [0.1, 0.15) is 32.8 Å². The van der Waals surface area contributed by atoms with E-state index in [4.69, 9.17) is 5.73 Å². The number of anilines is 1. The molecular formula is C15H16N4O2S. The number of nitrogens with two attached hydrogens (primary N) is 1. The summed E-state index contributed by atoms with van der Waals surface area (Å²) in [6.07, 6.45) is 6.20. The maximum Gasteiger partial charge on any atom is 0.320 e. The Balaban J connectivity index is 1.68. The van der Waals surface area contributed by atoms with Crippen molar-refractivity contribution < 1.29 is 9.59 Å². The number of aryl methyl sites for hydroxylation is 1. The summed E-state index contributed by atoms with van der Waals surface area (Å²) in [5.74, 6) is -0.484. The molecule has 1 aliphatic rings.